The van der Waals surface area contributed by atoms with Crippen LogP contribution in [0, 0.1) is 5.92 Å². The van der Waals surface area contributed by atoms with E-state index in [1.54, 1.807) is 25.3 Å². The highest BCUT2D eigenvalue weighted by atomic mass is 32.2. The van der Waals surface area contributed by atoms with Crippen LogP contribution >= 0.6 is 0 Å². The summed E-state index contributed by atoms with van der Waals surface area (Å²) in [5, 5.41) is 6.01. The molecule has 8 nitrogen and oxygen atoms in total. The van der Waals surface area contributed by atoms with Crippen molar-refractivity contribution in [2.24, 2.45) is 10.9 Å². The highest BCUT2D eigenvalue weighted by Gasteiger charge is 2.31. The fourth-order valence-corrected chi connectivity index (χ4v) is 3.98. The molecule has 0 spiro atoms. The summed E-state index contributed by atoms with van der Waals surface area (Å²) in [6.07, 6.45) is 0.524. The average molecular weight is 397 g/mol. The molecule has 0 fully saturated rings. The number of ether oxygens (including phenoxy) is 1. The van der Waals surface area contributed by atoms with E-state index in [2.05, 4.69) is 20.3 Å². The van der Waals surface area contributed by atoms with E-state index in [1.807, 2.05) is 13.8 Å². The molecular formula is C18H28N4O4S. The third kappa shape index (κ3) is 6.02. The van der Waals surface area contributed by atoms with Crippen molar-refractivity contribution in [3.05, 3.63) is 29.8 Å². The first-order valence-electron chi connectivity index (χ1n) is 9.02. The fourth-order valence-electron chi connectivity index (χ4n) is 2.74. The highest BCUT2D eigenvalue weighted by Crippen LogP contribution is 2.23. The Morgan fingerprint density at radius 3 is 2.67 bits per heavy atom. The lowest BCUT2D eigenvalue weighted by molar-refractivity contribution is -0.122. The van der Waals surface area contributed by atoms with Crippen molar-refractivity contribution < 1.29 is 17.9 Å². The fraction of sp³-hybridized carbons (Fsp3) is 0.556. The second kappa shape index (κ2) is 9.82. The molecule has 1 aromatic rings. The molecule has 1 heterocycles. The highest BCUT2D eigenvalue weighted by molar-refractivity contribution is 7.90. The van der Waals surface area contributed by atoms with Gasteiger partial charge in [0.1, 0.15) is 11.9 Å². The number of carbonyl (C=O) groups excluding carboxylic acids is 1. The van der Waals surface area contributed by atoms with Gasteiger partial charge in [0.05, 0.1) is 11.5 Å². The zero-order valence-electron chi connectivity index (χ0n) is 16.0. The average Bonchev–Trinajstić information content (AvgIpc) is 2.88. The van der Waals surface area contributed by atoms with Gasteiger partial charge in [0.2, 0.25) is 5.91 Å². The smallest absolute Gasteiger partial charge is 0.263 e. The van der Waals surface area contributed by atoms with E-state index in [1.165, 1.54) is 6.07 Å². The van der Waals surface area contributed by atoms with E-state index < -0.39 is 16.1 Å². The number of hydrogen-bond donors (Lipinski definition) is 3. The van der Waals surface area contributed by atoms with Crippen molar-refractivity contribution in [3.8, 4) is 0 Å². The summed E-state index contributed by atoms with van der Waals surface area (Å²) in [4.78, 5) is 17.2. The predicted octanol–water partition coefficient (Wildman–Crippen LogP) is 0.492. The van der Waals surface area contributed by atoms with Gasteiger partial charge in [0.15, 0.2) is 0 Å². The van der Waals surface area contributed by atoms with Crippen LogP contribution < -0.4 is 15.4 Å². The van der Waals surface area contributed by atoms with Crippen LogP contribution in [0.5, 0.6) is 0 Å². The number of nitrogens with one attached hydrogen (secondary N) is 3. The minimum absolute atomic E-state index is 0.190. The minimum Gasteiger partial charge on any atom is -0.383 e. The maximum atomic E-state index is 12.6. The van der Waals surface area contributed by atoms with Crippen molar-refractivity contribution in [1.82, 2.24) is 15.4 Å². The Labute approximate surface area is 160 Å². The van der Waals surface area contributed by atoms with E-state index >= 15 is 0 Å². The molecule has 0 bridgehead atoms. The molecule has 1 aromatic carbocycles. The van der Waals surface area contributed by atoms with Crippen LogP contribution in [0.15, 0.2) is 34.2 Å². The number of sulfonamides is 1. The Hall–Kier alpha value is -1.97. The number of nitrogens with zero attached hydrogens (tertiary/aromatic N) is 1. The molecule has 0 saturated carbocycles. The predicted molar refractivity (Wildman–Crippen MR) is 104 cm³/mol. The van der Waals surface area contributed by atoms with Gasteiger partial charge in [-0.05, 0) is 24.5 Å². The molecule has 0 aromatic heterocycles. The normalized spacial score (nSPS) is 17.6. The van der Waals surface area contributed by atoms with Crippen LogP contribution in [0.1, 0.15) is 25.8 Å². The van der Waals surface area contributed by atoms with Gasteiger partial charge in [0.25, 0.3) is 10.0 Å². The van der Waals surface area contributed by atoms with Gasteiger partial charge in [-0.15, -0.1) is 0 Å². The van der Waals surface area contributed by atoms with Gasteiger partial charge in [-0.1, -0.05) is 26.0 Å². The topological polar surface area (TPSA) is 109 Å². The molecule has 1 amide bonds. The molecule has 150 valence electrons. The van der Waals surface area contributed by atoms with Crippen molar-refractivity contribution in [2.45, 2.75) is 31.2 Å². The maximum Gasteiger partial charge on any atom is 0.263 e. The van der Waals surface area contributed by atoms with Gasteiger partial charge in [0, 0.05) is 32.3 Å². The summed E-state index contributed by atoms with van der Waals surface area (Å²) >= 11 is 0. The first kappa shape index (κ1) is 21.3. The van der Waals surface area contributed by atoms with Crippen LogP contribution in [0.25, 0.3) is 0 Å². The number of carbonyl (C=O) groups is 1. The molecule has 27 heavy (non-hydrogen) atoms. The number of fused-ring (bicyclic) bond motifs is 1. The first-order valence-corrected chi connectivity index (χ1v) is 10.5. The summed E-state index contributed by atoms with van der Waals surface area (Å²) in [5.74, 6) is 0.246. The molecule has 1 atom stereocenters. The van der Waals surface area contributed by atoms with Gasteiger partial charge in [-0.2, -0.15) is 0 Å². The molecule has 9 heteroatoms. The number of aliphatic imine (C=N–C) groups is 1. The van der Waals surface area contributed by atoms with Crippen LogP contribution in [0.3, 0.4) is 0 Å². The summed E-state index contributed by atoms with van der Waals surface area (Å²) in [6, 6.07) is 5.97. The lowest BCUT2D eigenvalue weighted by Gasteiger charge is -2.16. The van der Waals surface area contributed by atoms with Crippen LogP contribution in [0.4, 0.5) is 0 Å². The van der Waals surface area contributed by atoms with Crippen molar-refractivity contribution >= 4 is 21.8 Å². The molecule has 1 aliphatic rings. The zero-order chi connectivity index (χ0) is 19.9. The van der Waals surface area contributed by atoms with Crippen LogP contribution in [-0.4, -0.2) is 59.6 Å². The molecule has 0 radical (unpaired) electrons. The largest absolute Gasteiger partial charge is 0.383 e. The number of hydrogen-bond acceptors (Lipinski definition) is 6. The van der Waals surface area contributed by atoms with E-state index in [-0.39, 0.29) is 22.6 Å². The zero-order valence-corrected chi connectivity index (χ0v) is 16.8. The number of amidine groups is 1. The quantitative estimate of drug-likeness (QED) is 0.499. The summed E-state index contributed by atoms with van der Waals surface area (Å²) < 4.78 is 31.9. The monoisotopic (exact) mass is 396 g/mol. The summed E-state index contributed by atoms with van der Waals surface area (Å²) in [7, 11) is -1.99. The summed E-state index contributed by atoms with van der Waals surface area (Å²) in [5.41, 5.74) is 0.500. The molecular weight excluding hydrogens is 368 g/mol. The standard InChI is InChI=1S/C18H28N4O4S/c1-13(2)12-15(18(23)20-9-8-19-10-11-26-3)21-17-14-6-4-5-7-16(14)27(24,25)22-17/h4-7,13,15,19H,8-12H2,1-3H3,(H,20,23)(H,21,22). The Kier molecular flexibility index (Phi) is 7.76. The molecule has 1 unspecified atom stereocenters. The number of methoxy groups -OCH3 is 1. The molecule has 3 N–H and O–H groups in total. The first-order chi connectivity index (χ1) is 12.8. The lowest BCUT2D eigenvalue weighted by Crippen LogP contribution is -2.40. The van der Waals surface area contributed by atoms with E-state index in [0.717, 1.165) is 0 Å². The Bertz CT molecular complexity index is 777. The van der Waals surface area contributed by atoms with Gasteiger partial charge in [-0.3, -0.25) is 14.5 Å². The van der Waals surface area contributed by atoms with Crippen LogP contribution in [0.2, 0.25) is 0 Å². The molecule has 0 saturated heterocycles. The van der Waals surface area contributed by atoms with Crippen molar-refractivity contribution in [2.75, 3.05) is 33.4 Å². The van der Waals surface area contributed by atoms with Crippen molar-refractivity contribution in [1.29, 1.82) is 0 Å². The molecule has 0 aliphatic carbocycles. The van der Waals surface area contributed by atoms with Crippen molar-refractivity contribution in [3.63, 3.8) is 0 Å². The molecule has 2 rings (SSSR count). The van der Waals surface area contributed by atoms with E-state index in [0.29, 0.717) is 38.2 Å². The van der Waals surface area contributed by atoms with Crippen LogP contribution in [-0.2, 0) is 19.6 Å². The van der Waals surface area contributed by atoms with E-state index in [9.17, 15) is 13.2 Å². The lowest BCUT2D eigenvalue weighted by atomic mass is 10.0. The third-order valence-corrected chi connectivity index (χ3v) is 5.43. The van der Waals surface area contributed by atoms with Gasteiger partial charge < -0.3 is 15.4 Å². The number of benzene rings is 1. The minimum atomic E-state index is -3.62. The number of rotatable bonds is 10. The van der Waals surface area contributed by atoms with Gasteiger partial charge in [-0.25, -0.2) is 8.42 Å². The summed E-state index contributed by atoms with van der Waals surface area (Å²) in [6.45, 7) is 6.40. The Balaban J connectivity index is 2.08. The van der Waals surface area contributed by atoms with E-state index in [4.69, 9.17) is 4.74 Å². The molecule has 1 aliphatic heterocycles. The number of amides is 1. The Morgan fingerprint density at radius 1 is 1.22 bits per heavy atom. The maximum absolute atomic E-state index is 12.6. The second-order valence-corrected chi connectivity index (χ2v) is 8.41. The second-order valence-electron chi connectivity index (χ2n) is 6.76. The Morgan fingerprint density at radius 2 is 1.96 bits per heavy atom. The third-order valence-electron chi connectivity index (χ3n) is 4.03. The SMILES string of the molecule is COCCNCCNC(=O)C(CC(C)C)N=C1NS(=O)(=O)c2ccccc21. The van der Waals surface area contributed by atoms with Gasteiger partial charge >= 0.3 is 0 Å².